The first-order valence-corrected chi connectivity index (χ1v) is 11.2. The van der Waals surface area contributed by atoms with Crippen molar-refractivity contribution in [2.24, 2.45) is 0 Å². The van der Waals surface area contributed by atoms with Crippen LogP contribution in [0.3, 0.4) is 0 Å². The molecule has 0 aliphatic heterocycles. The molecule has 0 atom stereocenters. The van der Waals surface area contributed by atoms with Crippen molar-refractivity contribution in [3.8, 4) is 0 Å². The van der Waals surface area contributed by atoms with E-state index in [9.17, 15) is 27.9 Å². The highest BCUT2D eigenvalue weighted by atomic mass is 19.4. The van der Waals surface area contributed by atoms with Crippen LogP contribution in [0.4, 0.5) is 30.4 Å². The Morgan fingerprint density at radius 3 is 2.43 bits per heavy atom. The Kier molecular flexibility index (Phi) is 7.07. The predicted molar refractivity (Wildman–Crippen MR) is 124 cm³/mol. The second-order valence-corrected chi connectivity index (χ2v) is 9.15. The lowest BCUT2D eigenvalue weighted by molar-refractivity contribution is -0.142. The largest absolute Gasteiger partial charge is 0.408 e. The molecule has 1 saturated carbocycles. The number of aromatic nitrogens is 6. The zero-order chi connectivity index (χ0) is 26.8. The van der Waals surface area contributed by atoms with Gasteiger partial charge in [0.1, 0.15) is 18.6 Å². The molecule has 3 aromatic rings. The van der Waals surface area contributed by atoms with Crippen LogP contribution >= 0.6 is 0 Å². The van der Waals surface area contributed by atoms with Crippen molar-refractivity contribution in [3.05, 3.63) is 48.2 Å². The molecule has 4 rings (SSSR count). The number of halogens is 3. The maximum Gasteiger partial charge on any atom is 0.408 e. The van der Waals surface area contributed by atoms with E-state index in [4.69, 9.17) is 0 Å². The maximum atomic E-state index is 13.3. The van der Waals surface area contributed by atoms with Gasteiger partial charge in [-0.3, -0.25) is 9.59 Å². The van der Waals surface area contributed by atoms with Gasteiger partial charge in [-0.1, -0.05) is 0 Å². The Bertz CT molecular complexity index is 1290. The third-order valence-corrected chi connectivity index (χ3v) is 5.14. The summed E-state index contributed by atoms with van der Waals surface area (Å²) < 4.78 is 39.8. The van der Waals surface area contributed by atoms with E-state index in [-0.39, 0.29) is 29.7 Å². The highest BCUT2D eigenvalue weighted by Gasteiger charge is 2.33. The average Bonchev–Trinajstić information content (AvgIpc) is 3.60. The summed E-state index contributed by atoms with van der Waals surface area (Å²) in [7, 11) is 0. The van der Waals surface area contributed by atoms with Crippen LogP contribution in [0, 0.1) is 0 Å². The van der Waals surface area contributed by atoms with Gasteiger partial charge in [-0.2, -0.15) is 18.3 Å². The monoisotopic (exact) mass is 519 g/mol. The predicted octanol–water partition coefficient (Wildman–Crippen LogP) is 2.40. The highest BCUT2D eigenvalue weighted by Crippen LogP contribution is 2.39. The van der Waals surface area contributed by atoms with Crippen molar-refractivity contribution >= 4 is 29.0 Å². The van der Waals surface area contributed by atoms with Gasteiger partial charge in [0, 0.05) is 12.5 Å². The van der Waals surface area contributed by atoms with Crippen molar-refractivity contribution in [1.29, 1.82) is 0 Å². The minimum absolute atomic E-state index is 0.0624. The van der Waals surface area contributed by atoms with Gasteiger partial charge in [0.2, 0.25) is 0 Å². The normalized spacial score (nSPS) is 13.8. The minimum atomic E-state index is -4.68. The number of rotatable bonds is 9. The third-order valence-electron chi connectivity index (χ3n) is 5.14. The smallest absolute Gasteiger partial charge is 0.389 e. The molecule has 37 heavy (non-hydrogen) atoms. The molecule has 0 spiro atoms. The van der Waals surface area contributed by atoms with E-state index < -0.39 is 35.8 Å². The van der Waals surface area contributed by atoms with Gasteiger partial charge in [-0.05, 0) is 26.7 Å². The fraction of sp³-hybridized carbons (Fsp3) is 0.409. The summed E-state index contributed by atoms with van der Waals surface area (Å²) in [6.45, 7) is 1.02. The lowest BCUT2D eigenvalue weighted by Gasteiger charge is -2.18. The SMILES string of the molecule is CC(C)(O)CNC(=O)c1c(NC(=O)c2nc(C3CC3)cnc2Nc2cncnc2)cnn1CC(F)(F)F. The fourth-order valence-electron chi connectivity index (χ4n) is 3.30. The van der Waals surface area contributed by atoms with Crippen LogP contribution < -0.4 is 16.0 Å². The van der Waals surface area contributed by atoms with Crippen LogP contribution in [0.25, 0.3) is 0 Å². The van der Waals surface area contributed by atoms with Crippen LogP contribution in [-0.2, 0) is 6.54 Å². The number of amides is 2. The molecular weight excluding hydrogens is 495 g/mol. The first-order chi connectivity index (χ1) is 17.4. The molecule has 1 fully saturated rings. The zero-order valence-corrected chi connectivity index (χ0v) is 19.9. The molecule has 2 amide bonds. The third kappa shape index (κ3) is 6.97. The molecule has 196 valence electrons. The van der Waals surface area contributed by atoms with Gasteiger partial charge >= 0.3 is 6.18 Å². The maximum absolute atomic E-state index is 13.3. The molecule has 0 saturated heterocycles. The highest BCUT2D eigenvalue weighted by molar-refractivity contribution is 6.09. The molecule has 12 nitrogen and oxygen atoms in total. The van der Waals surface area contributed by atoms with Gasteiger partial charge in [0.05, 0.1) is 47.5 Å². The van der Waals surface area contributed by atoms with Gasteiger partial charge in [0.15, 0.2) is 11.5 Å². The van der Waals surface area contributed by atoms with E-state index in [0.29, 0.717) is 16.1 Å². The number of alkyl halides is 3. The summed E-state index contributed by atoms with van der Waals surface area (Å²) in [5, 5.41) is 21.2. The van der Waals surface area contributed by atoms with Crippen molar-refractivity contribution in [1.82, 2.24) is 35.0 Å². The number of carbonyl (C=O) groups excluding carboxylic acids is 2. The Hall–Kier alpha value is -4.14. The molecule has 1 aliphatic carbocycles. The van der Waals surface area contributed by atoms with E-state index >= 15 is 0 Å². The van der Waals surface area contributed by atoms with E-state index in [0.717, 1.165) is 19.0 Å². The molecule has 1 aliphatic rings. The van der Waals surface area contributed by atoms with Crippen LogP contribution in [-0.4, -0.2) is 65.0 Å². The molecule has 0 radical (unpaired) electrons. The summed E-state index contributed by atoms with van der Waals surface area (Å²) in [6.07, 6.45) is 3.82. The molecule has 15 heteroatoms. The van der Waals surface area contributed by atoms with Crippen molar-refractivity contribution in [2.75, 3.05) is 17.2 Å². The topological polar surface area (TPSA) is 160 Å². The van der Waals surface area contributed by atoms with Gasteiger partial charge in [-0.25, -0.2) is 24.6 Å². The van der Waals surface area contributed by atoms with Gasteiger partial charge in [-0.15, -0.1) is 0 Å². The summed E-state index contributed by atoms with van der Waals surface area (Å²) in [5.74, 6) is -1.56. The Morgan fingerprint density at radius 2 is 1.81 bits per heavy atom. The number of aliphatic hydroxyl groups is 1. The number of carbonyl (C=O) groups is 2. The van der Waals surface area contributed by atoms with Gasteiger partial charge in [0.25, 0.3) is 11.8 Å². The van der Waals surface area contributed by atoms with Gasteiger partial charge < -0.3 is 21.1 Å². The Labute approximate surface area is 208 Å². The quantitative estimate of drug-likeness (QED) is 0.333. The molecule has 4 N–H and O–H groups in total. The van der Waals surface area contributed by atoms with E-state index in [1.807, 2.05) is 0 Å². The second-order valence-electron chi connectivity index (χ2n) is 9.15. The molecule has 0 unspecified atom stereocenters. The van der Waals surface area contributed by atoms with Crippen molar-refractivity contribution < 1.29 is 27.9 Å². The Balaban J connectivity index is 1.65. The summed E-state index contributed by atoms with van der Waals surface area (Å²) in [4.78, 5) is 42.6. The number of hydrogen-bond acceptors (Lipinski definition) is 9. The second kappa shape index (κ2) is 10.1. The van der Waals surface area contributed by atoms with Crippen LogP contribution in [0.15, 0.2) is 31.1 Å². The summed E-state index contributed by atoms with van der Waals surface area (Å²) >= 11 is 0. The van der Waals surface area contributed by atoms with Crippen LogP contribution in [0.5, 0.6) is 0 Å². The van der Waals surface area contributed by atoms with Crippen LogP contribution in [0.1, 0.15) is 59.3 Å². The Morgan fingerprint density at radius 1 is 1.11 bits per heavy atom. The molecule has 0 aromatic carbocycles. The molecule has 0 bridgehead atoms. The van der Waals surface area contributed by atoms with E-state index in [2.05, 4.69) is 41.0 Å². The number of anilines is 3. The molecular formula is C22H24F3N9O3. The summed E-state index contributed by atoms with van der Waals surface area (Å²) in [6, 6.07) is 0. The average molecular weight is 519 g/mol. The standard InChI is InChI=1S/C22H24F3N9O3/c1-21(2,37)9-29-20(36)17-15(8-30-34(17)10-22(23,24)25)33-19(35)16-18(31-13-5-26-11-27-6-13)28-7-14(32-16)12-3-4-12/h5-8,11-12,37H,3-4,9-10H2,1-2H3,(H,28,31)(H,29,36)(H,33,35). The molecule has 3 heterocycles. The summed E-state index contributed by atoms with van der Waals surface area (Å²) in [5.41, 5.74) is -1.25. The first kappa shape index (κ1) is 25.9. The van der Waals surface area contributed by atoms with Crippen molar-refractivity contribution in [2.45, 2.75) is 50.9 Å². The molecule has 3 aromatic heterocycles. The van der Waals surface area contributed by atoms with Crippen LogP contribution in [0.2, 0.25) is 0 Å². The minimum Gasteiger partial charge on any atom is -0.389 e. The van der Waals surface area contributed by atoms with Crippen molar-refractivity contribution in [3.63, 3.8) is 0 Å². The van der Waals surface area contributed by atoms with E-state index in [1.165, 1.54) is 38.8 Å². The lowest BCUT2D eigenvalue weighted by Crippen LogP contribution is -2.39. The zero-order valence-electron chi connectivity index (χ0n) is 19.9. The lowest BCUT2D eigenvalue weighted by atomic mass is 10.1. The first-order valence-electron chi connectivity index (χ1n) is 11.2. The fourth-order valence-corrected chi connectivity index (χ4v) is 3.30. The number of hydrogen-bond donors (Lipinski definition) is 4. The number of nitrogens with one attached hydrogen (secondary N) is 3. The van der Waals surface area contributed by atoms with E-state index in [1.54, 1.807) is 0 Å². The number of nitrogens with zero attached hydrogens (tertiary/aromatic N) is 6.